The van der Waals surface area contributed by atoms with Gasteiger partial charge in [-0.25, -0.2) is 14.4 Å². The summed E-state index contributed by atoms with van der Waals surface area (Å²) in [6.45, 7) is 9.93. The highest BCUT2D eigenvalue weighted by molar-refractivity contribution is 5.70. The predicted molar refractivity (Wildman–Crippen MR) is 166 cm³/mol. The number of hydrogen-bond acceptors (Lipinski definition) is 12. The molecular weight excluding hydrogens is 614 g/mol. The minimum absolute atomic E-state index is 0.0204. The van der Waals surface area contributed by atoms with Crippen molar-refractivity contribution in [1.29, 1.82) is 0 Å². The van der Waals surface area contributed by atoms with Crippen LogP contribution in [0.25, 0.3) is 0 Å². The summed E-state index contributed by atoms with van der Waals surface area (Å²) >= 11 is 0. The van der Waals surface area contributed by atoms with E-state index in [0.29, 0.717) is 11.5 Å². The van der Waals surface area contributed by atoms with E-state index in [2.05, 4.69) is 4.98 Å². The SMILES string of the molecule is CC(C)(C)OC(=O)O[C@H]1CN(C(=O)OC(C)(C)C)[C@H](Cc2ccc(Oc3cccnc3)cc2)[C@@H]1OC(=O)Oc1ccc([N+](=O)[O-])cc1. The van der Waals surface area contributed by atoms with Crippen molar-refractivity contribution >= 4 is 24.1 Å². The third-order valence-electron chi connectivity index (χ3n) is 6.51. The van der Waals surface area contributed by atoms with Gasteiger partial charge in [-0.05, 0) is 89.9 Å². The van der Waals surface area contributed by atoms with E-state index < -0.39 is 52.8 Å². The normalized spacial score (nSPS) is 17.7. The molecule has 0 unspecified atom stereocenters. The molecule has 1 saturated heterocycles. The number of nitro benzene ring substituents is 1. The lowest BCUT2D eigenvalue weighted by Gasteiger charge is -2.30. The van der Waals surface area contributed by atoms with Gasteiger partial charge in [0.05, 0.1) is 23.7 Å². The zero-order valence-electron chi connectivity index (χ0n) is 26.9. The number of amides is 1. The molecule has 1 aromatic heterocycles. The van der Waals surface area contributed by atoms with E-state index in [0.717, 1.165) is 5.56 Å². The fraction of sp³-hybridized carbons (Fsp3) is 0.394. The Kier molecular flexibility index (Phi) is 10.5. The first-order valence-corrected chi connectivity index (χ1v) is 14.8. The van der Waals surface area contributed by atoms with Crippen LogP contribution in [0.4, 0.5) is 20.1 Å². The van der Waals surface area contributed by atoms with Crippen molar-refractivity contribution in [2.24, 2.45) is 0 Å². The first-order valence-electron chi connectivity index (χ1n) is 14.8. The van der Waals surface area contributed by atoms with Gasteiger partial charge in [-0.3, -0.25) is 20.0 Å². The number of hydrogen-bond donors (Lipinski definition) is 0. The minimum Gasteiger partial charge on any atom is -0.456 e. The van der Waals surface area contributed by atoms with Gasteiger partial charge >= 0.3 is 18.4 Å². The fourth-order valence-corrected chi connectivity index (χ4v) is 4.62. The molecule has 3 aromatic rings. The van der Waals surface area contributed by atoms with Crippen LogP contribution in [0.5, 0.6) is 17.2 Å². The maximum absolute atomic E-state index is 13.5. The van der Waals surface area contributed by atoms with Gasteiger partial charge in [-0.1, -0.05) is 12.1 Å². The largest absolute Gasteiger partial charge is 0.514 e. The Balaban J connectivity index is 1.62. The van der Waals surface area contributed by atoms with E-state index in [9.17, 15) is 24.5 Å². The highest BCUT2D eigenvalue weighted by Gasteiger charge is 2.50. The number of ether oxygens (including phenoxy) is 6. The van der Waals surface area contributed by atoms with E-state index in [1.165, 1.54) is 29.2 Å². The third kappa shape index (κ3) is 10.3. The number of rotatable bonds is 8. The van der Waals surface area contributed by atoms with Crippen LogP contribution >= 0.6 is 0 Å². The first-order chi connectivity index (χ1) is 22.1. The molecule has 1 aliphatic heterocycles. The fourth-order valence-electron chi connectivity index (χ4n) is 4.62. The van der Waals surface area contributed by atoms with Crippen LogP contribution < -0.4 is 9.47 Å². The van der Waals surface area contributed by atoms with Gasteiger partial charge < -0.3 is 28.4 Å². The average Bonchev–Trinajstić information content (AvgIpc) is 3.29. The number of nitro groups is 1. The van der Waals surface area contributed by atoms with Gasteiger partial charge in [0.25, 0.3) is 5.69 Å². The molecule has 250 valence electrons. The Morgan fingerprint density at radius 1 is 0.851 bits per heavy atom. The molecule has 1 aliphatic rings. The molecule has 2 heterocycles. The topological polar surface area (TPSA) is 166 Å². The predicted octanol–water partition coefficient (Wildman–Crippen LogP) is 6.85. The molecule has 4 rings (SSSR count). The quantitative estimate of drug-likeness (QED) is 0.0818. The second kappa shape index (κ2) is 14.4. The van der Waals surface area contributed by atoms with Gasteiger partial charge in [0.15, 0.2) is 12.2 Å². The van der Waals surface area contributed by atoms with Crippen molar-refractivity contribution in [1.82, 2.24) is 9.88 Å². The number of nitrogens with zero attached hydrogens (tertiary/aromatic N) is 3. The molecule has 0 aliphatic carbocycles. The molecule has 14 heteroatoms. The number of carbonyl (C=O) groups is 3. The monoisotopic (exact) mass is 651 g/mol. The van der Waals surface area contributed by atoms with Crippen LogP contribution in [-0.4, -0.2) is 69.2 Å². The average molecular weight is 652 g/mol. The van der Waals surface area contributed by atoms with E-state index in [1.807, 2.05) is 0 Å². The first kappa shape index (κ1) is 34.5. The Labute approximate surface area is 271 Å². The standard InChI is InChI=1S/C33H37N3O11/c1-32(2,3)46-29(37)35-20-27(44-31(39)47-33(4,5)6)28(45-30(38)43-24-15-11-22(12-16-24)36(40)41)26(35)18-21-9-13-23(14-10-21)42-25-8-7-17-34-19-25/h7-17,19,26-28H,18,20H2,1-6H3/t26-,27+,28+/m1/s1. The lowest BCUT2D eigenvalue weighted by molar-refractivity contribution is -0.384. The van der Waals surface area contributed by atoms with Crippen LogP contribution in [0.3, 0.4) is 0 Å². The van der Waals surface area contributed by atoms with Crippen molar-refractivity contribution in [3.8, 4) is 17.2 Å². The molecular formula is C33H37N3O11. The van der Waals surface area contributed by atoms with Crippen molar-refractivity contribution in [2.45, 2.75) is 77.4 Å². The molecule has 0 bridgehead atoms. The van der Waals surface area contributed by atoms with Gasteiger partial charge in [-0.2, -0.15) is 0 Å². The Bertz CT molecular complexity index is 1550. The van der Waals surface area contributed by atoms with Crippen molar-refractivity contribution in [3.63, 3.8) is 0 Å². The summed E-state index contributed by atoms with van der Waals surface area (Å²) in [6.07, 6.45) is -1.96. The van der Waals surface area contributed by atoms with Gasteiger partial charge in [-0.15, -0.1) is 0 Å². The summed E-state index contributed by atoms with van der Waals surface area (Å²) in [4.78, 5) is 55.1. The summed E-state index contributed by atoms with van der Waals surface area (Å²) in [5, 5.41) is 11.0. The Morgan fingerprint density at radius 3 is 2.06 bits per heavy atom. The van der Waals surface area contributed by atoms with E-state index in [4.69, 9.17) is 28.4 Å². The molecule has 0 spiro atoms. The number of likely N-dealkylation sites (tertiary alicyclic amines) is 1. The number of non-ortho nitro benzene ring substituents is 1. The molecule has 47 heavy (non-hydrogen) atoms. The molecule has 1 fully saturated rings. The van der Waals surface area contributed by atoms with Gasteiger partial charge in [0.1, 0.15) is 28.5 Å². The summed E-state index contributed by atoms with van der Waals surface area (Å²) in [7, 11) is 0. The third-order valence-corrected chi connectivity index (χ3v) is 6.51. The second-order valence-electron chi connectivity index (χ2n) is 12.6. The summed E-state index contributed by atoms with van der Waals surface area (Å²) in [6, 6.07) is 14.5. The molecule has 1 amide bonds. The zero-order chi connectivity index (χ0) is 34.4. The number of benzene rings is 2. The summed E-state index contributed by atoms with van der Waals surface area (Å²) in [5.74, 6) is 1.07. The maximum Gasteiger partial charge on any atom is 0.514 e. The minimum atomic E-state index is -1.23. The van der Waals surface area contributed by atoms with Gasteiger partial charge in [0.2, 0.25) is 0 Å². The summed E-state index contributed by atoms with van der Waals surface area (Å²) < 4.78 is 33.4. The number of carbonyl (C=O) groups excluding carboxylic acids is 3. The molecule has 0 radical (unpaired) electrons. The van der Waals surface area contributed by atoms with E-state index in [-0.39, 0.29) is 24.4 Å². The van der Waals surface area contributed by atoms with E-state index in [1.54, 1.807) is 90.3 Å². The number of aromatic nitrogens is 1. The molecule has 14 nitrogen and oxygen atoms in total. The van der Waals surface area contributed by atoms with Crippen LogP contribution in [0.15, 0.2) is 73.1 Å². The van der Waals surface area contributed by atoms with Gasteiger partial charge in [0, 0.05) is 18.3 Å². The highest BCUT2D eigenvalue weighted by Crippen LogP contribution is 2.31. The lowest BCUT2D eigenvalue weighted by atomic mass is 10.0. The van der Waals surface area contributed by atoms with Crippen molar-refractivity contribution in [2.75, 3.05) is 6.54 Å². The Hall–Kier alpha value is -5.40. The van der Waals surface area contributed by atoms with Crippen molar-refractivity contribution in [3.05, 3.63) is 88.7 Å². The highest BCUT2D eigenvalue weighted by atomic mass is 16.8. The smallest absolute Gasteiger partial charge is 0.456 e. The van der Waals surface area contributed by atoms with Crippen LogP contribution in [0.1, 0.15) is 47.1 Å². The van der Waals surface area contributed by atoms with Crippen LogP contribution in [-0.2, 0) is 25.4 Å². The maximum atomic E-state index is 13.5. The van der Waals surface area contributed by atoms with Crippen molar-refractivity contribution < 1.29 is 47.7 Å². The number of pyridine rings is 1. The molecule has 2 aromatic carbocycles. The lowest BCUT2D eigenvalue weighted by Crippen LogP contribution is -2.45. The van der Waals surface area contributed by atoms with E-state index >= 15 is 0 Å². The molecule has 0 N–H and O–H groups in total. The van der Waals surface area contributed by atoms with Crippen LogP contribution in [0, 0.1) is 10.1 Å². The summed E-state index contributed by atoms with van der Waals surface area (Å²) in [5.41, 5.74) is -1.21. The zero-order valence-corrected chi connectivity index (χ0v) is 26.9. The second-order valence-corrected chi connectivity index (χ2v) is 12.6. The molecule has 3 atom stereocenters. The van der Waals surface area contributed by atoms with Crippen LogP contribution in [0.2, 0.25) is 0 Å². The Morgan fingerprint density at radius 2 is 1.49 bits per heavy atom. The molecule has 0 saturated carbocycles.